The molecule has 2 aromatic rings. The summed E-state index contributed by atoms with van der Waals surface area (Å²) >= 11 is 0. The second kappa shape index (κ2) is 10.4. The Morgan fingerprint density at radius 3 is 2.34 bits per heavy atom. The van der Waals surface area contributed by atoms with Crippen molar-refractivity contribution in [3.8, 4) is 0 Å². The van der Waals surface area contributed by atoms with Crippen LogP contribution in [0.15, 0.2) is 48.5 Å². The van der Waals surface area contributed by atoms with Gasteiger partial charge in [-0.3, -0.25) is 14.4 Å². The second-order valence-corrected chi connectivity index (χ2v) is 7.17. The molecule has 154 valence electrons. The van der Waals surface area contributed by atoms with Crippen LogP contribution in [0.1, 0.15) is 25.0 Å². The molecule has 0 bridgehead atoms. The summed E-state index contributed by atoms with van der Waals surface area (Å²) in [7, 11) is 0. The van der Waals surface area contributed by atoms with Crippen LogP contribution in [-0.2, 0) is 20.9 Å². The zero-order valence-corrected chi connectivity index (χ0v) is 16.9. The number of carbonyl (C=O) groups excluding carboxylic acids is 3. The molecule has 2 aromatic carbocycles. The molecule has 0 aromatic heterocycles. The van der Waals surface area contributed by atoms with Crippen LogP contribution in [-0.4, -0.2) is 35.7 Å². The molecular formula is C22H26FN3O3. The molecule has 6 nitrogen and oxygen atoms in total. The molecule has 0 aliphatic rings. The number of amides is 3. The lowest BCUT2D eigenvalue weighted by Gasteiger charge is -2.24. The number of aryl methyl sites for hydroxylation is 1. The number of nitrogens with zero attached hydrogens (tertiary/aromatic N) is 1. The van der Waals surface area contributed by atoms with Crippen LogP contribution >= 0.6 is 0 Å². The molecule has 2 rings (SSSR count). The largest absolute Gasteiger partial charge is 0.345 e. The zero-order chi connectivity index (χ0) is 21.4. The smallest absolute Gasteiger partial charge is 0.243 e. The van der Waals surface area contributed by atoms with E-state index in [1.165, 1.54) is 17.0 Å². The minimum Gasteiger partial charge on any atom is -0.345 e. The molecule has 0 unspecified atom stereocenters. The van der Waals surface area contributed by atoms with Crippen LogP contribution in [0.3, 0.4) is 0 Å². The van der Waals surface area contributed by atoms with E-state index in [2.05, 4.69) is 10.6 Å². The molecule has 0 radical (unpaired) electrons. The monoisotopic (exact) mass is 399 g/mol. The maximum atomic E-state index is 13.1. The first-order valence-electron chi connectivity index (χ1n) is 9.41. The van der Waals surface area contributed by atoms with Crippen LogP contribution in [0.5, 0.6) is 0 Å². The predicted octanol–water partition coefficient (Wildman–Crippen LogP) is 2.87. The Morgan fingerprint density at radius 2 is 1.72 bits per heavy atom. The first kappa shape index (κ1) is 22.1. The van der Waals surface area contributed by atoms with Gasteiger partial charge in [0.15, 0.2) is 0 Å². The summed E-state index contributed by atoms with van der Waals surface area (Å²) in [6.07, 6.45) is 0. The first-order valence-corrected chi connectivity index (χ1v) is 9.41. The van der Waals surface area contributed by atoms with Gasteiger partial charge in [-0.2, -0.15) is 0 Å². The lowest BCUT2D eigenvalue weighted by atomic mass is 10.1. The topological polar surface area (TPSA) is 78.5 Å². The third-order valence-electron chi connectivity index (χ3n) is 4.17. The summed E-state index contributed by atoms with van der Waals surface area (Å²) in [5, 5.41) is 5.24. The van der Waals surface area contributed by atoms with Crippen molar-refractivity contribution in [3.63, 3.8) is 0 Å². The fourth-order valence-electron chi connectivity index (χ4n) is 2.72. The fraction of sp³-hybridized carbons (Fsp3) is 0.318. The molecule has 0 fully saturated rings. The van der Waals surface area contributed by atoms with Crippen molar-refractivity contribution < 1.29 is 18.8 Å². The van der Waals surface area contributed by atoms with E-state index in [0.717, 1.165) is 5.56 Å². The van der Waals surface area contributed by atoms with E-state index in [1.807, 2.05) is 25.1 Å². The van der Waals surface area contributed by atoms with Gasteiger partial charge in [0, 0.05) is 18.2 Å². The summed E-state index contributed by atoms with van der Waals surface area (Å²) in [5.41, 5.74) is 2.37. The molecular weight excluding hydrogens is 373 g/mol. The fourth-order valence-corrected chi connectivity index (χ4v) is 2.72. The standard InChI is InChI=1S/C22H26FN3O3/c1-15(2)22(29)26(13-17-7-9-18(23)10-8-17)14-21(28)24-12-20(27)25-19-6-4-5-16(3)11-19/h4-11,15H,12-14H2,1-3H3,(H,24,28)(H,25,27). The summed E-state index contributed by atoms with van der Waals surface area (Å²) in [6.45, 7) is 5.19. The van der Waals surface area contributed by atoms with Gasteiger partial charge in [0.05, 0.1) is 13.1 Å². The van der Waals surface area contributed by atoms with E-state index in [9.17, 15) is 18.8 Å². The highest BCUT2D eigenvalue weighted by Crippen LogP contribution is 2.11. The van der Waals surface area contributed by atoms with Gasteiger partial charge in [0.25, 0.3) is 0 Å². The number of carbonyl (C=O) groups is 3. The molecule has 3 amide bonds. The summed E-state index contributed by atoms with van der Waals surface area (Å²) in [6, 6.07) is 13.1. The third-order valence-corrected chi connectivity index (χ3v) is 4.17. The Bertz CT molecular complexity index is 866. The Hall–Kier alpha value is -3.22. The van der Waals surface area contributed by atoms with Crippen LogP contribution in [0.4, 0.5) is 10.1 Å². The number of nitrogens with one attached hydrogen (secondary N) is 2. The lowest BCUT2D eigenvalue weighted by Crippen LogP contribution is -2.43. The van der Waals surface area contributed by atoms with Crippen LogP contribution in [0.2, 0.25) is 0 Å². The van der Waals surface area contributed by atoms with Gasteiger partial charge >= 0.3 is 0 Å². The van der Waals surface area contributed by atoms with Crippen LogP contribution < -0.4 is 10.6 Å². The van der Waals surface area contributed by atoms with E-state index in [4.69, 9.17) is 0 Å². The highest BCUT2D eigenvalue weighted by Gasteiger charge is 2.20. The Kier molecular flexibility index (Phi) is 7.88. The maximum Gasteiger partial charge on any atom is 0.243 e. The molecule has 0 aliphatic heterocycles. The maximum absolute atomic E-state index is 13.1. The number of anilines is 1. The van der Waals surface area contributed by atoms with Gasteiger partial charge in [-0.05, 0) is 42.3 Å². The normalized spacial score (nSPS) is 10.5. The molecule has 2 N–H and O–H groups in total. The number of benzene rings is 2. The van der Waals surface area contributed by atoms with Crippen molar-refractivity contribution in [1.29, 1.82) is 0 Å². The van der Waals surface area contributed by atoms with Crippen molar-refractivity contribution in [2.75, 3.05) is 18.4 Å². The van der Waals surface area contributed by atoms with Gasteiger partial charge in [0.2, 0.25) is 17.7 Å². The van der Waals surface area contributed by atoms with Gasteiger partial charge in [-0.25, -0.2) is 4.39 Å². The van der Waals surface area contributed by atoms with Crippen LogP contribution in [0, 0.1) is 18.7 Å². The van der Waals surface area contributed by atoms with Crippen molar-refractivity contribution in [2.45, 2.75) is 27.3 Å². The molecule has 7 heteroatoms. The number of rotatable bonds is 8. The second-order valence-electron chi connectivity index (χ2n) is 7.17. The molecule has 0 aliphatic carbocycles. The van der Waals surface area contributed by atoms with E-state index in [-0.39, 0.29) is 43.2 Å². The number of hydrogen-bond acceptors (Lipinski definition) is 3. The van der Waals surface area contributed by atoms with Crippen molar-refractivity contribution in [2.24, 2.45) is 5.92 Å². The zero-order valence-electron chi connectivity index (χ0n) is 16.9. The molecule has 29 heavy (non-hydrogen) atoms. The average Bonchev–Trinajstić information content (AvgIpc) is 2.67. The van der Waals surface area contributed by atoms with E-state index >= 15 is 0 Å². The van der Waals surface area contributed by atoms with E-state index in [0.29, 0.717) is 11.3 Å². The molecule has 0 atom stereocenters. The van der Waals surface area contributed by atoms with Gasteiger partial charge in [-0.1, -0.05) is 38.1 Å². The molecule has 0 saturated carbocycles. The lowest BCUT2D eigenvalue weighted by molar-refractivity contribution is -0.139. The summed E-state index contributed by atoms with van der Waals surface area (Å²) in [4.78, 5) is 38.2. The molecule has 0 heterocycles. The summed E-state index contributed by atoms with van der Waals surface area (Å²) in [5.74, 6) is -1.67. The van der Waals surface area contributed by atoms with Gasteiger partial charge < -0.3 is 15.5 Å². The van der Waals surface area contributed by atoms with Gasteiger partial charge in [0.1, 0.15) is 5.82 Å². The predicted molar refractivity (Wildman–Crippen MR) is 109 cm³/mol. The number of halogens is 1. The quantitative estimate of drug-likeness (QED) is 0.717. The SMILES string of the molecule is Cc1cccc(NC(=O)CNC(=O)CN(Cc2ccc(F)cc2)C(=O)C(C)C)c1. The molecule has 0 spiro atoms. The number of hydrogen-bond donors (Lipinski definition) is 2. The minimum atomic E-state index is -0.444. The van der Waals surface area contributed by atoms with E-state index < -0.39 is 5.91 Å². The van der Waals surface area contributed by atoms with Crippen molar-refractivity contribution in [3.05, 3.63) is 65.5 Å². The minimum absolute atomic E-state index is 0.181. The third kappa shape index (κ3) is 7.37. The van der Waals surface area contributed by atoms with Crippen LogP contribution in [0.25, 0.3) is 0 Å². The highest BCUT2D eigenvalue weighted by atomic mass is 19.1. The first-order chi connectivity index (χ1) is 13.7. The van der Waals surface area contributed by atoms with E-state index in [1.54, 1.807) is 32.0 Å². The highest BCUT2D eigenvalue weighted by molar-refractivity contribution is 5.95. The van der Waals surface area contributed by atoms with Crippen molar-refractivity contribution >= 4 is 23.4 Å². The Morgan fingerprint density at radius 1 is 1.03 bits per heavy atom. The Balaban J connectivity index is 1.91. The van der Waals surface area contributed by atoms with Crippen molar-refractivity contribution in [1.82, 2.24) is 10.2 Å². The Labute approximate surface area is 170 Å². The average molecular weight is 399 g/mol. The molecule has 0 saturated heterocycles. The summed E-state index contributed by atoms with van der Waals surface area (Å²) < 4.78 is 13.1. The van der Waals surface area contributed by atoms with Gasteiger partial charge in [-0.15, -0.1) is 0 Å².